The van der Waals surface area contributed by atoms with E-state index in [0.29, 0.717) is 0 Å². The molecule has 9 rings (SSSR count). The van der Waals surface area contributed by atoms with Crippen molar-refractivity contribution in [1.29, 1.82) is 0 Å². The van der Waals surface area contributed by atoms with Gasteiger partial charge in [-0.1, -0.05) is 0 Å². The molecule has 0 saturated heterocycles. The molecule has 0 bridgehead atoms. The van der Waals surface area contributed by atoms with Gasteiger partial charge in [0.05, 0.1) is 0 Å². The van der Waals surface area contributed by atoms with Gasteiger partial charge in [-0.15, -0.1) is 0 Å². The molecule has 0 aromatic heterocycles. The first-order chi connectivity index (χ1) is 27.2. The van der Waals surface area contributed by atoms with Gasteiger partial charge in [0.2, 0.25) is 0 Å². The van der Waals surface area contributed by atoms with Crippen LogP contribution in [0.2, 0.25) is 23.0 Å². The predicted molar refractivity (Wildman–Crippen MR) is 253 cm³/mol. The molecule has 2 heteroatoms. The van der Waals surface area contributed by atoms with E-state index >= 15 is 0 Å². The fraction of sp³-hybridized carbons (Fsp3) is 0.0741. The van der Waals surface area contributed by atoms with E-state index in [1.165, 1.54) is 85.3 Å². The maximum absolute atomic E-state index is 2.54. The third-order valence-corrected chi connectivity index (χ3v) is 23.5. The summed E-state index contributed by atoms with van der Waals surface area (Å²) in [6.07, 6.45) is 4.72. The van der Waals surface area contributed by atoms with Gasteiger partial charge in [-0.3, -0.25) is 0 Å². The van der Waals surface area contributed by atoms with Crippen molar-refractivity contribution in [3.63, 3.8) is 0 Å². The number of hydrogen-bond donors (Lipinski definition) is 0. The van der Waals surface area contributed by atoms with Gasteiger partial charge in [0.1, 0.15) is 0 Å². The van der Waals surface area contributed by atoms with E-state index in [9.17, 15) is 0 Å². The Balaban J connectivity index is 0.908. The molecule has 0 heterocycles. The zero-order chi connectivity index (χ0) is 38.3. The minimum absolute atomic E-state index is 1.26. The Kier molecular flexibility index (Phi) is 9.65. The fourth-order valence-corrected chi connectivity index (χ4v) is 16.0. The summed E-state index contributed by atoms with van der Waals surface area (Å²) < 4.78 is 3.03. The molecule has 0 unspecified atom stereocenters. The summed E-state index contributed by atoms with van der Waals surface area (Å²) in [5.41, 5.74) is 7.68. The Morgan fingerprint density at radius 2 is 0.607 bits per heavy atom. The van der Waals surface area contributed by atoms with Gasteiger partial charge in [-0.25, -0.2) is 0 Å². The Morgan fingerprint density at radius 1 is 0.321 bits per heavy atom. The number of benzene rings is 9. The Morgan fingerprint density at radius 3 is 0.911 bits per heavy atom. The predicted octanol–water partition coefficient (Wildman–Crippen LogP) is 14.0. The molecule has 56 heavy (non-hydrogen) atoms. The van der Waals surface area contributed by atoms with Crippen molar-refractivity contribution in [2.45, 2.75) is 23.0 Å². The molecule has 0 atom stereocenters. The zero-order valence-electron chi connectivity index (χ0n) is 32.6. The molecule has 0 aliphatic rings. The molecule has 9 aromatic rings. The summed E-state index contributed by atoms with van der Waals surface area (Å²) in [6.45, 7) is 0. The van der Waals surface area contributed by atoms with E-state index < -0.39 is 26.5 Å². The molecule has 0 saturated carbocycles. The van der Waals surface area contributed by atoms with Crippen LogP contribution >= 0.6 is 0 Å². The first kappa shape index (κ1) is 36.2. The van der Waals surface area contributed by atoms with E-state index in [-0.39, 0.29) is 0 Å². The van der Waals surface area contributed by atoms with Crippen LogP contribution < -0.4 is 8.79 Å². The first-order valence-electron chi connectivity index (χ1n) is 19.7. The van der Waals surface area contributed by atoms with E-state index in [1.54, 1.807) is 0 Å². The van der Waals surface area contributed by atoms with Gasteiger partial charge in [0.15, 0.2) is 0 Å². The van der Waals surface area contributed by atoms with E-state index in [1.807, 2.05) is 0 Å². The average molecular weight is 840 g/mol. The van der Waals surface area contributed by atoms with Crippen LogP contribution in [0.25, 0.3) is 77.5 Å². The summed E-state index contributed by atoms with van der Waals surface area (Å²) >= 11 is -4.82. The van der Waals surface area contributed by atoms with Gasteiger partial charge in [-0.05, 0) is 0 Å². The molecule has 0 nitrogen and oxygen atoms in total. The van der Waals surface area contributed by atoms with Crippen LogP contribution in [-0.4, -0.2) is 26.5 Å². The van der Waals surface area contributed by atoms with Gasteiger partial charge >= 0.3 is 339 Å². The third-order valence-electron chi connectivity index (χ3n) is 11.7. The molecule has 0 spiro atoms. The minimum atomic E-state index is -2.41. The van der Waals surface area contributed by atoms with Gasteiger partial charge in [0, 0.05) is 0 Å². The second kappa shape index (κ2) is 14.9. The van der Waals surface area contributed by atoms with Crippen LogP contribution in [0.15, 0.2) is 192 Å². The molecule has 270 valence electrons. The second-order valence-corrected chi connectivity index (χ2v) is 34.6. The van der Waals surface area contributed by atoms with Crippen molar-refractivity contribution in [2.24, 2.45) is 0 Å². The average Bonchev–Trinajstić information content (AvgIpc) is 3.24. The second-order valence-electron chi connectivity index (χ2n) is 16.3. The monoisotopic (exact) mass is 842 g/mol. The molecule has 0 aliphatic heterocycles. The quantitative estimate of drug-likeness (QED) is 0.106. The summed E-state index contributed by atoms with van der Waals surface area (Å²) in [4.78, 5) is 5.07. The molecule has 0 aliphatic carbocycles. The van der Waals surface area contributed by atoms with E-state index in [2.05, 4.69) is 227 Å². The summed E-state index contributed by atoms with van der Waals surface area (Å²) in [6, 6.07) is 67.6. The standard InChI is InChI=1S/C54H46Ge2/c1-55(2,35-33-39-21-25-41(26-22-39)53-49-17-9-5-13-43(49)37-44-14-6-10-18-50(44)53)47-29-31-48(32-30-47)56(3,4)36-34-40-23-27-42(28-24-40)54-51-19-11-7-15-45(51)38-46-16-8-12-20-52(46)54/h5-38H,1-4H3/b35-33+,36-34+. The van der Waals surface area contributed by atoms with Crippen LogP contribution in [0.1, 0.15) is 11.1 Å². The van der Waals surface area contributed by atoms with Crippen LogP contribution in [0, 0.1) is 0 Å². The Hall–Kier alpha value is -5.41. The van der Waals surface area contributed by atoms with Crippen LogP contribution in [0.4, 0.5) is 0 Å². The van der Waals surface area contributed by atoms with Crippen molar-refractivity contribution in [1.82, 2.24) is 0 Å². The van der Waals surface area contributed by atoms with Gasteiger partial charge in [-0.2, -0.15) is 0 Å². The zero-order valence-corrected chi connectivity index (χ0v) is 36.8. The van der Waals surface area contributed by atoms with Crippen molar-refractivity contribution < 1.29 is 0 Å². The molecule has 0 N–H and O–H groups in total. The SMILES string of the molecule is [CH3][Ge]([CH3])(/[CH]=C/c1ccc(-c2c3ccccc3cc3ccccc23)cc1)[c]1cc[c]([Ge]([CH3])([CH3])/[CH]=C/c2ccc(-c3c4ccccc4cc4ccccc34)cc2)cc1. The van der Waals surface area contributed by atoms with Crippen molar-refractivity contribution in [3.05, 3.63) is 203 Å². The Labute approximate surface area is 336 Å². The van der Waals surface area contributed by atoms with Gasteiger partial charge < -0.3 is 0 Å². The Bertz CT molecular complexity index is 2620. The summed E-state index contributed by atoms with van der Waals surface area (Å²) in [7, 11) is 0. The van der Waals surface area contributed by atoms with Crippen LogP contribution in [-0.2, 0) is 0 Å². The summed E-state index contributed by atoms with van der Waals surface area (Å²) in [5, 5.41) is 10.3. The number of fused-ring (bicyclic) bond motifs is 4. The first-order valence-corrected chi connectivity index (χ1v) is 32.7. The third kappa shape index (κ3) is 7.09. The molecule has 9 aromatic carbocycles. The van der Waals surface area contributed by atoms with Crippen LogP contribution in [0.3, 0.4) is 0 Å². The van der Waals surface area contributed by atoms with Gasteiger partial charge in [0.25, 0.3) is 0 Å². The maximum atomic E-state index is 2.54. The number of rotatable bonds is 8. The van der Waals surface area contributed by atoms with Crippen molar-refractivity contribution in [3.8, 4) is 22.3 Å². The molecular weight excluding hydrogens is 794 g/mol. The van der Waals surface area contributed by atoms with Crippen LogP contribution in [0.5, 0.6) is 0 Å². The fourth-order valence-electron chi connectivity index (χ4n) is 8.30. The topological polar surface area (TPSA) is 0 Å². The van der Waals surface area contributed by atoms with Crippen molar-refractivity contribution >= 4 is 90.6 Å². The van der Waals surface area contributed by atoms with Crippen molar-refractivity contribution in [2.75, 3.05) is 0 Å². The van der Waals surface area contributed by atoms with E-state index in [0.717, 1.165) is 0 Å². The molecule has 0 fully saturated rings. The molecular formula is C54H46Ge2. The summed E-state index contributed by atoms with van der Waals surface area (Å²) in [5.74, 6) is 10.00. The molecule has 0 radical (unpaired) electrons. The number of hydrogen-bond acceptors (Lipinski definition) is 0. The van der Waals surface area contributed by atoms with E-state index in [4.69, 9.17) is 0 Å². The molecule has 0 amide bonds. The normalized spacial score (nSPS) is 12.5.